The summed E-state index contributed by atoms with van der Waals surface area (Å²) in [5.41, 5.74) is 8.77. The van der Waals surface area contributed by atoms with E-state index >= 15 is 0 Å². The van der Waals surface area contributed by atoms with Crippen molar-refractivity contribution < 1.29 is 0 Å². The number of aryl methyl sites for hydroxylation is 3. The highest BCUT2D eigenvalue weighted by Crippen LogP contribution is 2.19. The van der Waals surface area contributed by atoms with Gasteiger partial charge in [-0.3, -0.25) is 0 Å². The van der Waals surface area contributed by atoms with Gasteiger partial charge in [-0.2, -0.15) is 5.26 Å². The topological polar surface area (TPSA) is 80.5 Å². The lowest BCUT2D eigenvalue weighted by Gasteiger charge is -2.08. The van der Waals surface area contributed by atoms with Crippen LogP contribution in [0.15, 0.2) is 12.1 Å². The molecular weight excluding hydrogens is 214 g/mol. The van der Waals surface area contributed by atoms with E-state index in [2.05, 4.69) is 16.2 Å². The van der Waals surface area contributed by atoms with E-state index in [1.165, 1.54) is 0 Å². The molecule has 0 aromatic carbocycles. The molecule has 2 aromatic heterocycles. The lowest BCUT2D eigenvalue weighted by atomic mass is 10.1. The second-order valence-electron chi connectivity index (χ2n) is 4.01. The number of nitrogens with zero attached hydrogens (tertiary/aromatic N) is 4. The van der Waals surface area contributed by atoms with Gasteiger partial charge in [0.05, 0.1) is 5.56 Å². The van der Waals surface area contributed by atoms with Gasteiger partial charge in [-0.1, -0.05) is 0 Å². The molecule has 2 aromatic rings. The summed E-state index contributed by atoms with van der Waals surface area (Å²) in [5, 5.41) is 13.3. The van der Waals surface area contributed by atoms with Gasteiger partial charge in [-0.25, -0.2) is 9.67 Å². The average molecular weight is 227 g/mol. The van der Waals surface area contributed by atoms with Gasteiger partial charge in [-0.05, 0) is 32.4 Å². The molecule has 0 saturated heterocycles. The van der Waals surface area contributed by atoms with Crippen LogP contribution in [0.2, 0.25) is 0 Å². The fourth-order valence-corrected chi connectivity index (χ4v) is 1.82. The maximum Gasteiger partial charge on any atom is 0.172 e. The molecule has 0 bridgehead atoms. The van der Waals surface area contributed by atoms with Crippen LogP contribution in [-0.4, -0.2) is 14.8 Å². The van der Waals surface area contributed by atoms with Gasteiger partial charge >= 0.3 is 0 Å². The van der Waals surface area contributed by atoms with Gasteiger partial charge in [-0.15, -0.1) is 5.10 Å². The highest BCUT2D eigenvalue weighted by Gasteiger charge is 2.13. The van der Waals surface area contributed by atoms with E-state index in [4.69, 9.17) is 5.73 Å². The third kappa shape index (κ3) is 1.85. The van der Waals surface area contributed by atoms with Crippen molar-refractivity contribution in [3.63, 3.8) is 0 Å². The monoisotopic (exact) mass is 227 g/mol. The van der Waals surface area contributed by atoms with Crippen LogP contribution in [0.3, 0.4) is 0 Å². The molecule has 0 aliphatic rings. The van der Waals surface area contributed by atoms with E-state index in [1.54, 1.807) is 10.7 Å². The zero-order chi connectivity index (χ0) is 12.6. The Morgan fingerprint density at radius 1 is 1.29 bits per heavy atom. The van der Waals surface area contributed by atoms with E-state index in [1.807, 2.05) is 26.8 Å². The summed E-state index contributed by atoms with van der Waals surface area (Å²) in [6, 6.07) is 5.79. The fraction of sp³-hybridized carbons (Fsp3) is 0.250. The highest BCUT2D eigenvalue weighted by molar-refractivity contribution is 5.50. The van der Waals surface area contributed by atoms with Crippen molar-refractivity contribution in [2.75, 3.05) is 5.73 Å². The van der Waals surface area contributed by atoms with E-state index < -0.39 is 0 Å². The zero-order valence-electron chi connectivity index (χ0n) is 10.0. The maximum atomic E-state index is 9.19. The van der Waals surface area contributed by atoms with E-state index in [-0.39, 0.29) is 0 Å². The minimum Gasteiger partial charge on any atom is -0.382 e. The Hall–Kier alpha value is -2.35. The van der Waals surface area contributed by atoms with Crippen molar-refractivity contribution in [2.45, 2.75) is 20.8 Å². The molecule has 5 heteroatoms. The van der Waals surface area contributed by atoms with Gasteiger partial charge in [0.25, 0.3) is 0 Å². The van der Waals surface area contributed by atoms with Crippen molar-refractivity contribution in [1.29, 1.82) is 5.26 Å². The van der Waals surface area contributed by atoms with Crippen LogP contribution in [-0.2, 0) is 0 Å². The van der Waals surface area contributed by atoms with Gasteiger partial charge < -0.3 is 5.73 Å². The van der Waals surface area contributed by atoms with Crippen molar-refractivity contribution in [1.82, 2.24) is 14.8 Å². The Kier molecular flexibility index (Phi) is 2.56. The standard InChI is InChI=1S/C12H13N5/c1-7-4-8(2)15-12(10(7)6-13)17-9(3)5-11(14)16-17/h4-5H,1-3H3,(H2,14,16). The van der Waals surface area contributed by atoms with Crippen LogP contribution in [0.4, 0.5) is 5.82 Å². The molecular formula is C12H13N5. The normalized spacial score (nSPS) is 10.2. The minimum absolute atomic E-state index is 0.423. The molecule has 0 spiro atoms. The lowest BCUT2D eigenvalue weighted by molar-refractivity contribution is 0.810. The maximum absolute atomic E-state index is 9.19. The molecule has 0 aliphatic carbocycles. The van der Waals surface area contributed by atoms with E-state index in [0.29, 0.717) is 17.2 Å². The van der Waals surface area contributed by atoms with Crippen LogP contribution in [0.25, 0.3) is 5.82 Å². The summed E-state index contributed by atoms with van der Waals surface area (Å²) < 4.78 is 1.61. The third-order valence-electron chi connectivity index (χ3n) is 2.54. The van der Waals surface area contributed by atoms with Crippen molar-refractivity contribution in [2.24, 2.45) is 0 Å². The molecule has 0 aliphatic heterocycles. The highest BCUT2D eigenvalue weighted by atomic mass is 15.3. The summed E-state index contributed by atoms with van der Waals surface area (Å²) in [5.74, 6) is 0.964. The van der Waals surface area contributed by atoms with Crippen LogP contribution in [0, 0.1) is 32.1 Å². The van der Waals surface area contributed by atoms with E-state index in [9.17, 15) is 5.26 Å². The molecule has 0 unspecified atom stereocenters. The van der Waals surface area contributed by atoms with Gasteiger partial charge in [0, 0.05) is 17.5 Å². The second-order valence-corrected chi connectivity index (χ2v) is 4.01. The molecule has 5 nitrogen and oxygen atoms in total. The summed E-state index contributed by atoms with van der Waals surface area (Å²) in [6.07, 6.45) is 0. The summed E-state index contributed by atoms with van der Waals surface area (Å²) in [4.78, 5) is 4.37. The number of rotatable bonds is 1. The third-order valence-corrected chi connectivity index (χ3v) is 2.54. The first-order valence-electron chi connectivity index (χ1n) is 5.24. The number of aromatic nitrogens is 3. The molecule has 2 heterocycles. The predicted molar refractivity (Wildman–Crippen MR) is 64.7 cm³/mol. The predicted octanol–water partition coefficient (Wildman–Crippen LogP) is 1.65. The van der Waals surface area contributed by atoms with Gasteiger partial charge in [0.15, 0.2) is 5.82 Å². The first-order chi connectivity index (χ1) is 8.02. The van der Waals surface area contributed by atoms with Crippen molar-refractivity contribution in [3.05, 3.63) is 34.6 Å². The van der Waals surface area contributed by atoms with Gasteiger partial charge in [0.1, 0.15) is 11.9 Å². The Morgan fingerprint density at radius 3 is 2.53 bits per heavy atom. The minimum atomic E-state index is 0.423. The molecule has 0 atom stereocenters. The number of nitrogens with two attached hydrogens (primary N) is 1. The first kappa shape index (κ1) is 11.1. The summed E-state index contributed by atoms with van der Waals surface area (Å²) in [6.45, 7) is 5.66. The Bertz CT molecular complexity index is 619. The van der Waals surface area contributed by atoms with Crippen LogP contribution in [0.1, 0.15) is 22.5 Å². The smallest absolute Gasteiger partial charge is 0.172 e. The lowest BCUT2D eigenvalue weighted by Crippen LogP contribution is -2.07. The quantitative estimate of drug-likeness (QED) is 0.803. The van der Waals surface area contributed by atoms with Crippen LogP contribution < -0.4 is 5.73 Å². The molecule has 86 valence electrons. The number of anilines is 1. The van der Waals surface area contributed by atoms with E-state index in [0.717, 1.165) is 17.0 Å². The number of nitriles is 1. The fourth-order valence-electron chi connectivity index (χ4n) is 1.82. The van der Waals surface area contributed by atoms with Crippen LogP contribution >= 0.6 is 0 Å². The number of nitrogen functional groups attached to an aromatic ring is 1. The van der Waals surface area contributed by atoms with Crippen molar-refractivity contribution in [3.8, 4) is 11.9 Å². The molecule has 0 radical (unpaired) electrons. The Balaban J connectivity index is 2.75. The molecule has 2 rings (SSSR count). The number of pyridine rings is 1. The SMILES string of the molecule is Cc1cc(C)c(C#N)c(-n2nc(N)cc2C)n1. The number of hydrogen-bond acceptors (Lipinski definition) is 4. The summed E-state index contributed by atoms with van der Waals surface area (Å²) >= 11 is 0. The molecule has 0 saturated carbocycles. The summed E-state index contributed by atoms with van der Waals surface area (Å²) in [7, 11) is 0. The first-order valence-corrected chi connectivity index (χ1v) is 5.24. The largest absolute Gasteiger partial charge is 0.382 e. The second kappa shape index (κ2) is 3.91. The average Bonchev–Trinajstić information content (AvgIpc) is 2.56. The molecule has 17 heavy (non-hydrogen) atoms. The number of hydrogen-bond donors (Lipinski definition) is 1. The van der Waals surface area contributed by atoms with Crippen LogP contribution in [0.5, 0.6) is 0 Å². The molecule has 0 fully saturated rings. The van der Waals surface area contributed by atoms with Gasteiger partial charge in [0.2, 0.25) is 0 Å². The molecule has 0 amide bonds. The van der Waals surface area contributed by atoms with Crippen molar-refractivity contribution >= 4 is 5.82 Å². The Morgan fingerprint density at radius 2 is 2.00 bits per heavy atom. The molecule has 2 N–H and O–H groups in total. The Labute approximate surface area is 99.5 Å². The zero-order valence-corrected chi connectivity index (χ0v) is 10.0.